The van der Waals surface area contributed by atoms with E-state index >= 15 is 0 Å². The Morgan fingerprint density at radius 3 is 2.71 bits per heavy atom. The van der Waals surface area contributed by atoms with Crippen LogP contribution in [0.5, 0.6) is 0 Å². The largest absolute Gasteiger partial charge is 0.443 e. The van der Waals surface area contributed by atoms with Crippen LogP contribution in [0.4, 0.5) is 13.2 Å². The smallest absolute Gasteiger partial charge is 0.306 e. The maximum absolute atomic E-state index is 12.7. The highest BCUT2D eigenvalue weighted by atomic mass is 127. The predicted molar refractivity (Wildman–Crippen MR) is 89.5 cm³/mol. The molecule has 2 rings (SSSR count). The van der Waals surface area contributed by atoms with E-state index in [9.17, 15) is 13.2 Å². The zero-order valence-electron chi connectivity index (χ0n) is 10.8. The second-order valence-corrected chi connectivity index (χ2v) is 7.38. The highest BCUT2D eigenvalue weighted by molar-refractivity contribution is 14.1. The first-order chi connectivity index (χ1) is 9.82. The summed E-state index contributed by atoms with van der Waals surface area (Å²) in [5.41, 5.74) is 0.904. The van der Waals surface area contributed by atoms with Crippen molar-refractivity contribution in [1.29, 1.82) is 0 Å². The zero-order chi connectivity index (χ0) is 15.6. The molecule has 8 heteroatoms. The standard InChI is InChI=1S/C13H11BrF3IN2S/c1-2-19-11(8-5-7(18)3-4-9(8)14)10-6-20-12(21-10)13(15,16)17/h3-6,11,19H,2H2,1H3. The van der Waals surface area contributed by atoms with Crippen LogP contribution < -0.4 is 5.32 Å². The summed E-state index contributed by atoms with van der Waals surface area (Å²) in [4.78, 5) is 4.05. The molecule has 2 aromatic rings. The van der Waals surface area contributed by atoms with Gasteiger partial charge in [-0.1, -0.05) is 22.9 Å². The minimum atomic E-state index is -4.40. The Bertz CT molecular complexity index is 630. The van der Waals surface area contributed by atoms with Gasteiger partial charge in [0.05, 0.1) is 6.04 Å². The van der Waals surface area contributed by atoms with Gasteiger partial charge in [0.1, 0.15) is 0 Å². The fourth-order valence-corrected chi connectivity index (χ4v) is 3.72. The number of alkyl halides is 3. The number of benzene rings is 1. The van der Waals surface area contributed by atoms with Gasteiger partial charge >= 0.3 is 6.18 Å². The summed E-state index contributed by atoms with van der Waals surface area (Å²) in [5, 5.41) is 2.40. The Hall–Kier alpha value is -0.190. The first kappa shape index (κ1) is 17.2. The van der Waals surface area contributed by atoms with Crippen molar-refractivity contribution in [3.8, 4) is 0 Å². The summed E-state index contributed by atoms with van der Waals surface area (Å²) < 4.78 is 40.0. The van der Waals surface area contributed by atoms with Crippen LogP contribution in [0.1, 0.15) is 28.4 Å². The number of nitrogens with zero attached hydrogens (tertiary/aromatic N) is 1. The van der Waals surface area contributed by atoms with E-state index in [2.05, 4.69) is 48.8 Å². The van der Waals surface area contributed by atoms with Crippen LogP contribution in [-0.4, -0.2) is 11.5 Å². The molecule has 1 aromatic carbocycles. The first-order valence-electron chi connectivity index (χ1n) is 6.04. The SMILES string of the molecule is CCNC(c1cnc(C(F)(F)F)s1)c1cc(I)ccc1Br. The minimum absolute atomic E-state index is 0.312. The maximum atomic E-state index is 12.7. The van der Waals surface area contributed by atoms with Gasteiger partial charge in [-0.05, 0) is 52.9 Å². The molecule has 0 radical (unpaired) electrons. The topological polar surface area (TPSA) is 24.9 Å². The van der Waals surface area contributed by atoms with Crippen LogP contribution in [-0.2, 0) is 6.18 Å². The molecule has 0 aliphatic carbocycles. The number of hydrogen-bond donors (Lipinski definition) is 1. The van der Waals surface area contributed by atoms with E-state index in [1.165, 1.54) is 6.20 Å². The van der Waals surface area contributed by atoms with Crippen molar-refractivity contribution in [1.82, 2.24) is 10.3 Å². The fourth-order valence-electron chi connectivity index (χ4n) is 1.85. The molecule has 1 unspecified atom stereocenters. The van der Waals surface area contributed by atoms with Crippen molar-refractivity contribution in [2.24, 2.45) is 0 Å². The summed E-state index contributed by atoms with van der Waals surface area (Å²) in [6, 6.07) is 5.47. The molecular weight excluding hydrogens is 480 g/mol. The van der Waals surface area contributed by atoms with Gasteiger partial charge in [0.2, 0.25) is 0 Å². The quantitative estimate of drug-likeness (QED) is 0.594. The van der Waals surface area contributed by atoms with Crippen molar-refractivity contribution in [2.75, 3.05) is 6.54 Å². The van der Waals surface area contributed by atoms with Gasteiger partial charge in [0.15, 0.2) is 5.01 Å². The normalized spacial score (nSPS) is 13.4. The lowest BCUT2D eigenvalue weighted by atomic mass is 10.1. The number of rotatable bonds is 4. The second kappa shape index (κ2) is 6.93. The average Bonchev–Trinajstić information content (AvgIpc) is 2.88. The van der Waals surface area contributed by atoms with Crippen LogP contribution >= 0.6 is 49.9 Å². The summed E-state index contributed by atoms with van der Waals surface area (Å²) in [6.45, 7) is 2.56. The van der Waals surface area contributed by atoms with Crippen LogP contribution in [0.2, 0.25) is 0 Å². The Balaban J connectivity index is 2.44. The number of aromatic nitrogens is 1. The Labute approximate surface area is 146 Å². The van der Waals surface area contributed by atoms with Crippen LogP contribution in [0.25, 0.3) is 0 Å². The highest BCUT2D eigenvalue weighted by Crippen LogP contribution is 2.37. The van der Waals surface area contributed by atoms with Gasteiger partial charge in [-0.3, -0.25) is 0 Å². The molecule has 1 atom stereocenters. The van der Waals surface area contributed by atoms with Gasteiger partial charge < -0.3 is 5.32 Å². The molecule has 2 nitrogen and oxygen atoms in total. The van der Waals surface area contributed by atoms with Crippen LogP contribution in [0.3, 0.4) is 0 Å². The van der Waals surface area contributed by atoms with Crippen LogP contribution in [0, 0.1) is 3.57 Å². The average molecular weight is 491 g/mol. The Morgan fingerprint density at radius 1 is 1.43 bits per heavy atom. The summed E-state index contributed by atoms with van der Waals surface area (Å²) in [6.07, 6.45) is -3.10. The third-order valence-electron chi connectivity index (χ3n) is 2.73. The Morgan fingerprint density at radius 2 is 2.14 bits per heavy atom. The number of hydrogen-bond acceptors (Lipinski definition) is 3. The number of thiazole rings is 1. The third kappa shape index (κ3) is 4.17. The number of halogens is 5. The molecule has 0 aliphatic rings. The van der Waals surface area contributed by atoms with Gasteiger partial charge in [0.25, 0.3) is 0 Å². The third-order valence-corrected chi connectivity index (χ3v) is 5.23. The molecule has 0 bridgehead atoms. The lowest BCUT2D eigenvalue weighted by Gasteiger charge is -2.18. The Kier molecular flexibility index (Phi) is 5.66. The minimum Gasteiger partial charge on any atom is -0.306 e. The molecule has 1 heterocycles. The van der Waals surface area contributed by atoms with Gasteiger partial charge in [-0.2, -0.15) is 13.2 Å². The van der Waals surface area contributed by atoms with E-state index in [4.69, 9.17) is 0 Å². The van der Waals surface area contributed by atoms with Crippen molar-refractivity contribution >= 4 is 49.9 Å². The second-order valence-electron chi connectivity index (χ2n) is 4.22. The molecule has 0 aliphatic heterocycles. The van der Waals surface area contributed by atoms with E-state index in [-0.39, 0.29) is 6.04 Å². The molecule has 0 spiro atoms. The molecule has 0 amide bonds. The zero-order valence-corrected chi connectivity index (χ0v) is 15.4. The van der Waals surface area contributed by atoms with Gasteiger partial charge in [-0.15, -0.1) is 11.3 Å². The summed E-state index contributed by atoms with van der Waals surface area (Å²) in [7, 11) is 0. The maximum Gasteiger partial charge on any atom is 0.443 e. The van der Waals surface area contributed by atoms with E-state index in [0.29, 0.717) is 22.8 Å². The molecule has 0 saturated heterocycles. The fraction of sp³-hybridized carbons (Fsp3) is 0.308. The lowest BCUT2D eigenvalue weighted by molar-refractivity contribution is -0.137. The van der Waals surface area contributed by atoms with E-state index in [1.54, 1.807) is 0 Å². The highest BCUT2D eigenvalue weighted by Gasteiger charge is 2.35. The van der Waals surface area contributed by atoms with Gasteiger partial charge in [0, 0.05) is 19.1 Å². The van der Waals surface area contributed by atoms with Crippen molar-refractivity contribution in [3.05, 3.63) is 47.9 Å². The molecule has 21 heavy (non-hydrogen) atoms. The van der Waals surface area contributed by atoms with E-state index in [1.807, 2.05) is 25.1 Å². The monoisotopic (exact) mass is 490 g/mol. The van der Waals surface area contributed by atoms with Crippen LogP contribution in [0.15, 0.2) is 28.9 Å². The molecule has 1 N–H and O–H groups in total. The molecule has 0 fully saturated rings. The molecule has 0 saturated carbocycles. The summed E-state index contributed by atoms with van der Waals surface area (Å²) >= 11 is 6.32. The molecule has 114 valence electrons. The first-order valence-corrected chi connectivity index (χ1v) is 8.73. The predicted octanol–water partition coefficient (Wildman–Crippen LogP) is 5.23. The molecular formula is C13H11BrF3IN2S. The van der Waals surface area contributed by atoms with E-state index < -0.39 is 11.2 Å². The lowest BCUT2D eigenvalue weighted by Crippen LogP contribution is -2.21. The van der Waals surface area contributed by atoms with Crippen molar-refractivity contribution < 1.29 is 13.2 Å². The van der Waals surface area contributed by atoms with Gasteiger partial charge in [-0.25, -0.2) is 4.98 Å². The summed E-state index contributed by atoms with van der Waals surface area (Å²) in [5.74, 6) is 0. The number of nitrogens with one attached hydrogen (secondary N) is 1. The van der Waals surface area contributed by atoms with Crippen molar-refractivity contribution in [3.63, 3.8) is 0 Å². The molecule has 1 aromatic heterocycles. The van der Waals surface area contributed by atoms with E-state index in [0.717, 1.165) is 13.6 Å². The van der Waals surface area contributed by atoms with Crippen molar-refractivity contribution in [2.45, 2.75) is 19.1 Å².